The number of benzene rings is 1. The van der Waals surface area contributed by atoms with E-state index in [-0.39, 0.29) is 23.4 Å². The van der Waals surface area contributed by atoms with E-state index in [4.69, 9.17) is 9.47 Å². The number of carbonyl (C=O) groups is 1. The molecule has 4 rings (SSSR count). The van der Waals surface area contributed by atoms with Crippen molar-refractivity contribution in [3.8, 4) is 5.75 Å². The second kappa shape index (κ2) is 11.5. The first kappa shape index (κ1) is 26.9. The number of hydrogen-bond donors (Lipinski definition) is 2. The van der Waals surface area contributed by atoms with Gasteiger partial charge in [-0.2, -0.15) is 0 Å². The first-order valence-electron chi connectivity index (χ1n) is 13.2. The van der Waals surface area contributed by atoms with E-state index in [1.54, 1.807) is 6.20 Å². The van der Waals surface area contributed by atoms with Gasteiger partial charge in [0.25, 0.3) is 0 Å². The van der Waals surface area contributed by atoms with E-state index in [2.05, 4.69) is 72.9 Å². The van der Waals surface area contributed by atoms with Crippen LogP contribution < -0.4 is 15.7 Å². The van der Waals surface area contributed by atoms with Crippen LogP contribution in [0.3, 0.4) is 0 Å². The molecule has 0 spiro atoms. The van der Waals surface area contributed by atoms with Crippen LogP contribution in [0, 0.1) is 12.8 Å². The Morgan fingerprint density at radius 1 is 1.30 bits per heavy atom. The minimum Gasteiger partial charge on any atom is -0.486 e. The van der Waals surface area contributed by atoms with Crippen LogP contribution in [-0.4, -0.2) is 46.7 Å². The second-order valence-corrected chi connectivity index (χ2v) is 10.8. The van der Waals surface area contributed by atoms with Gasteiger partial charge in [-0.25, -0.2) is 0 Å². The standard InChI is InChI=1S/C29H41N5O3/c1-7-34-18-25(31-32-34)10-11-26(21(3)28(35)36-6)22-9-8-20(2)23(14-22)16-33-17-24-15-30-13-12-27(24)37-29(4,5)19-33/h8-9,12-15,18,21,26,31-32H,7,10-11,16-17,19H2,1-6H3. The predicted molar refractivity (Wildman–Crippen MR) is 144 cm³/mol. The normalized spacial score (nSPS) is 18.6. The zero-order valence-electron chi connectivity index (χ0n) is 23.0. The summed E-state index contributed by atoms with van der Waals surface area (Å²) >= 11 is 0. The number of hydrazine groups is 2. The molecule has 1 aromatic heterocycles. The van der Waals surface area contributed by atoms with Gasteiger partial charge < -0.3 is 14.9 Å². The van der Waals surface area contributed by atoms with Gasteiger partial charge in [0, 0.05) is 56.0 Å². The molecule has 0 fully saturated rings. The van der Waals surface area contributed by atoms with Crippen molar-refractivity contribution in [1.29, 1.82) is 0 Å². The molecule has 8 heteroatoms. The fourth-order valence-corrected chi connectivity index (χ4v) is 5.30. The third-order valence-electron chi connectivity index (χ3n) is 7.35. The second-order valence-electron chi connectivity index (χ2n) is 10.8. The van der Waals surface area contributed by atoms with E-state index in [0.29, 0.717) is 0 Å². The predicted octanol–water partition coefficient (Wildman–Crippen LogP) is 4.42. The van der Waals surface area contributed by atoms with Gasteiger partial charge in [0.05, 0.1) is 13.0 Å². The number of aryl methyl sites for hydroxylation is 1. The van der Waals surface area contributed by atoms with Gasteiger partial charge in [0.1, 0.15) is 11.4 Å². The van der Waals surface area contributed by atoms with Gasteiger partial charge in [0.2, 0.25) is 0 Å². The van der Waals surface area contributed by atoms with Crippen LogP contribution in [0.1, 0.15) is 68.7 Å². The minimum absolute atomic E-state index is 0.0408. The molecule has 0 aliphatic carbocycles. The van der Waals surface area contributed by atoms with Gasteiger partial charge in [-0.3, -0.25) is 19.7 Å². The van der Waals surface area contributed by atoms with E-state index in [1.807, 2.05) is 24.2 Å². The largest absolute Gasteiger partial charge is 0.486 e. The average Bonchev–Trinajstić information content (AvgIpc) is 3.28. The molecule has 2 aliphatic heterocycles. The molecule has 2 N–H and O–H groups in total. The van der Waals surface area contributed by atoms with Crippen molar-refractivity contribution in [2.75, 3.05) is 20.2 Å². The number of esters is 1. The monoisotopic (exact) mass is 507 g/mol. The Balaban J connectivity index is 1.57. The molecule has 3 heterocycles. The SMILES string of the molecule is CCN1C=C(CCC(c2ccc(C)c(CN3Cc4cnccc4OC(C)(C)C3)c2)C(C)C(=O)OC)NN1. The Morgan fingerprint density at radius 3 is 2.84 bits per heavy atom. The van der Waals surface area contributed by atoms with Crippen molar-refractivity contribution < 1.29 is 14.3 Å². The first-order valence-corrected chi connectivity index (χ1v) is 13.2. The number of fused-ring (bicyclic) bond motifs is 1. The number of nitrogens with one attached hydrogen (secondary N) is 2. The molecular formula is C29H41N5O3. The van der Waals surface area contributed by atoms with Gasteiger partial charge in [-0.1, -0.05) is 25.1 Å². The summed E-state index contributed by atoms with van der Waals surface area (Å²) in [5.74, 6) is 0.524. The molecule has 200 valence electrons. The lowest BCUT2D eigenvalue weighted by molar-refractivity contribution is -0.145. The highest BCUT2D eigenvalue weighted by Crippen LogP contribution is 2.34. The zero-order chi connectivity index (χ0) is 26.6. The number of allylic oxidation sites excluding steroid dienone is 1. The Kier molecular flexibility index (Phi) is 8.39. The van der Waals surface area contributed by atoms with Crippen molar-refractivity contribution in [3.63, 3.8) is 0 Å². The number of nitrogens with zero attached hydrogens (tertiary/aromatic N) is 3. The van der Waals surface area contributed by atoms with Gasteiger partial charge in [-0.05, 0) is 69.2 Å². The topological polar surface area (TPSA) is 79.0 Å². The maximum absolute atomic E-state index is 12.6. The van der Waals surface area contributed by atoms with Crippen LogP contribution >= 0.6 is 0 Å². The summed E-state index contributed by atoms with van der Waals surface area (Å²) in [6.07, 6.45) is 7.45. The third-order valence-corrected chi connectivity index (χ3v) is 7.35. The summed E-state index contributed by atoms with van der Waals surface area (Å²) in [6.45, 7) is 13.7. The van der Waals surface area contributed by atoms with Crippen molar-refractivity contribution >= 4 is 5.97 Å². The molecule has 2 atom stereocenters. The molecule has 0 bridgehead atoms. The summed E-state index contributed by atoms with van der Waals surface area (Å²) in [6, 6.07) is 8.60. The van der Waals surface area contributed by atoms with Crippen LogP contribution in [0.25, 0.3) is 0 Å². The molecule has 0 amide bonds. The number of rotatable bonds is 9. The molecular weight excluding hydrogens is 466 g/mol. The number of carbonyl (C=O) groups excluding carboxylic acids is 1. The molecule has 0 saturated heterocycles. The number of pyridine rings is 1. The highest BCUT2D eigenvalue weighted by molar-refractivity contribution is 5.73. The third kappa shape index (κ3) is 6.62. The Morgan fingerprint density at radius 2 is 2.11 bits per heavy atom. The summed E-state index contributed by atoms with van der Waals surface area (Å²) in [5, 5.41) is 2.01. The summed E-state index contributed by atoms with van der Waals surface area (Å²) in [7, 11) is 1.47. The number of aromatic nitrogens is 1. The van der Waals surface area contributed by atoms with E-state index >= 15 is 0 Å². The smallest absolute Gasteiger partial charge is 0.308 e. The highest BCUT2D eigenvalue weighted by Gasteiger charge is 2.30. The maximum Gasteiger partial charge on any atom is 0.308 e. The van der Waals surface area contributed by atoms with Crippen LogP contribution in [-0.2, 0) is 22.6 Å². The Hall–Kier alpha value is -3.10. The molecule has 0 saturated carbocycles. The molecule has 8 nitrogen and oxygen atoms in total. The van der Waals surface area contributed by atoms with Crippen LogP contribution in [0.5, 0.6) is 5.75 Å². The van der Waals surface area contributed by atoms with E-state index in [9.17, 15) is 4.79 Å². The number of ether oxygens (including phenoxy) is 2. The number of methoxy groups -OCH3 is 1. The first-order chi connectivity index (χ1) is 17.7. The molecule has 2 aliphatic rings. The van der Waals surface area contributed by atoms with Crippen molar-refractivity contribution in [2.45, 2.75) is 72.1 Å². The molecule has 2 unspecified atom stereocenters. The van der Waals surface area contributed by atoms with Crippen molar-refractivity contribution in [2.24, 2.45) is 5.92 Å². The molecule has 2 aromatic rings. The summed E-state index contributed by atoms with van der Waals surface area (Å²) in [5.41, 5.74) is 12.0. The van der Waals surface area contributed by atoms with Crippen LogP contribution in [0.2, 0.25) is 0 Å². The Bertz CT molecular complexity index is 1130. The lowest BCUT2D eigenvalue weighted by atomic mass is 9.82. The fourth-order valence-electron chi connectivity index (χ4n) is 5.30. The summed E-state index contributed by atoms with van der Waals surface area (Å²) in [4.78, 5) is 19.4. The van der Waals surface area contributed by atoms with Crippen molar-refractivity contribution in [3.05, 3.63) is 70.8 Å². The van der Waals surface area contributed by atoms with Gasteiger partial charge in [-0.15, -0.1) is 5.53 Å². The lowest BCUT2D eigenvalue weighted by Crippen LogP contribution is -2.40. The van der Waals surface area contributed by atoms with Crippen LogP contribution in [0.4, 0.5) is 0 Å². The van der Waals surface area contributed by atoms with Gasteiger partial charge in [0.15, 0.2) is 0 Å². The van der Waals surface area contributed by atoms with E-state index in [1.165, 1.54) is 23.8 Å². The number of hydrogen-bond acceptors (Lipinski definition) is 8. The fraction of sp³-hybridized carbons (Fsp3) is 0.517. The van der Waals surface area contributed by atoms with Crippen molar-refractivity contribution in [1.82, 2.24) is 25.9 Å². The highest BCUT2D eigenvalue weighted by atomic mass is 16.5. The quantitative estimate of drug-likeness (QED) is 0.483. The van der Waals surface area contributed by atoms with E-state index in [0.717, 1.165) is 56.0 Å². The molecule has 37 heavy (non-hydrogen) atoms. The molecule has 1 aromatic carbocycles. The van der Waals surface area contributed by atoms with Crippen LogP contribution in [0.15, 0.2) is 48.6 Å². The molecule has 0 radical (unpaired) electrons. The maximum atomic E-state index is 12.6. The minimum atomic E-state index is -0.317. The lowest BCUT2D eigenvalue weighted by Gasteiger charge is -2.30. The van der Waals surface area contributed by atoms with Gasteiger partial charge >= 0.3 is 5.97 Å². The summed E-state index contributed by atoms with van der Waals surface area (Å²) < 4.78 is 11.5. The Labute approximate surface area is 221 Å². The zero-order valence-corrected chi connectivity index (χ0v) is 23.0. The average molecular weight is 508 g/mol. The van der Waals surface area contributed by atoms with E-state index < -0.39 is 0 Å².